The van der Waals surface area contributed by atoms with E-state index in [1.807, 2.05) is 56.3 Å². The average molecular weight is 466 g/mol. The zero-order valence-corrected chi connectivity index (χ0v) is 19.3. The molecule has 2 heterocycles. The van der Waals surface area contributed by atoms with E-state index >= 15 is 0 Å². The highest BCUT2D eigenvalue weighted by Crippen LogP contribution is 2.43. The molecule has 0 amide bonds. The molecule has 3 aromatic rings. The van der Waals surface area contributed by atoms with Gasteiger partial charge >= 0.3 is 0 Å². The van der Waals surface area contributed by atoms with Crippen molar-refractivity contribution in [3.8, 4) is 11.5 Å². The molecule has 0 N–H and O–H groups in total. The van der Waals surface area contributed by atoms with E-state index in [0.29, 0.717) is 46.9 Å². The first kappa shape index (κ1) is 21.1. The lowest BCUT2D eigenvalue weighted by Crippen LogP contribution is -2.32. The Morgan fingerprint density at radius 3 is 2.56 bits per heavy atom. The molecular formula is C26H21Cl2NO3. The molecule has 0 bridgehead atoms. The molecule has 0 aromatic heterocycles. The first-order valence-corrected chi connectivity index (χ1v) is 11.1. The highest BCUT2D eigenvalue weighted by Gasteiger charge is 2.33. The van der Waals surface area contributed by atoms with Crippen LogP contribution in [-0.4, -0.2) is 17.4 Å². The number of hydrogen-bond acceptors (Lipinski definition) is 4. The molecule has 3 aromatic carbocycles. The normalized spacial score (nSPS) is 16.5. The highest BCUT2D eigenvalue weighted by atomic mass is 35.5. The molecule has 2 aliphatic rings. The van der Waals surface area contributed by atoms with Gasteiger partial charge in [-0.3, -0.25) is 9.69 Å². The lowest BCUT2D eigenvalue weighted by Gasteiger charge is -2.30. The predicted octanol–water partition coefficient (Wildman–Crippen LogP) is 6.58. The first-order chi connectivity index (χ1) is 15.4. The monoisotopic (exact) mass is 465 g/mol. The number of carbonyl (C=O) groups is 1. The minimum absolute atomic E-state index is 0.107. The number of ether oxygens (including phenoxy) is 2. The molecule has 0 saturated carbocycles. The molecule has 6 heteroatoms. The summed E-state index contributed by atoms with van der Waals surface area (Å²) in [7, 11) is 0. The van der Waals surface area contributed by atoms with Crippen LogP contribution in [-0.2, 0) is 13.1 Å². The van der Waals surface area contributed by atoms with Gasteiger partial charge in [0.1, 0.15) is 18.2 Å². The van der Waals surface area contributed by atoms with Crippen molar-refractivity contribution in [3.63, 3.8) is 0 Å². The summed E-state index contributed by atoms with van der Waals surface area (Å²) in [6, 6.07) is 15.4. The standard InChI is InChI=1S/C26H21Cl2NO3/c1-15-3-5-17(6-4-15)9-23-24(30)21-10-19-13-29(12-18-7-8-20(27)11-22(18)28)14-31-25(19)16(2)26(21)32-23/h3-11H,12-14H2,1-2H3/b23-9-. The van der Waals surface area contributed by atoms with Crippen LogP contribution in [0.3, 0.4) is 0 Å². The van der Waals surface area contributed by atoms with E-state index in [1.54, 1.807) is 12.1 Å². The van der Waals surface area contributed by atoms with Gasteiger partial charge in [-0.2, -0.15) is 0 Å². The second-order valence-corrected chi connectivity index (χ2v) is 9.06. The molecule has 0 saturated heterocycles. The summed E-state index contributed by atoms with van der Waals surface area (Å²) in [5.74, 6) is 1.59. The van der Waals surface area contributed by atoms with Crippen LogP contribution in [0.4, 0.5) is 0 Å². The summed E-state index contributed by atoms with van der Waals surface area (Å²) in [6.45, 7) is 5.65. The molecule has 0 spiro atoms. The number of benzene rings is 3. The number of hydrogen-bond donors (Lipinski definition) is 0. The predicted molar refractivity (Wildman–Crippen MR) is 126 cm³/mol. The van der Waals surface area contributed by atoms with Crippen LogP contribution >= 0.6 is 23.2 Å². The van der Waals surface area contributed by atoms with E-state index in [0.717, 1.165) is 28.0 Å². The summed E-state index contributed by atoms with van der Waals surface area (Å²) >= 11 is 12.4. The van der Waals surface area contributed by atoms with Crippen molar-refractivity contribution in [2.45, 2.75) is 26.9 Å². The molecule has 0 radical (unpaired) electrons. The average Bonchev–Trinajstić information content (AvgIpc) is 3.07. The molecule has 2 aliphatic heterocycles. The van der Waals surface area contributed by atoms with Gasteiger partial charge in [0.2, 0.25) is 5.78 Å². The third kappa shape index (κ3) is 3.90. The number of aryl methyl sites for hydroxylation is 1. The lowest BCUT2D eigenvalue weighted by atomic mass is 9.99. The Labute approximate surface area is 197 Å². The Hall–Kier alpha value is -2.79. The summed E-state index contributed by atoms with van der Waals surface area (Å²) in [5, 5.41) is 1.24. The maximum atomic E-state index is 13.1. The second-order valence-electron chi connectivity index (χ2n) is 8.21. The Kier molecular flexibility index (Phi) is 5.46. The third-order valence-corrected chi connectivity index (χ3v) is 6.37. The lowest BCUT2D eigenvalue weighted by molar-refractivity contribution is 0.0877. The van der Waals surface area contributed by atoms with E-state index in [-0.39, 0.29) is 5.78 Å². The Bertz CT molecular complexity index is 1270. The molecule has 162 valence electrons. The maximum absolute atomic E-state index is 13.1. The van der Waals surface area contributed by atoms with E-state index in [4.69, 9.17) is 32.7 Å². The van der Waals surface area contributed by atoms with Crippen LogP contribution in [0.2, 0.25) is 10.0 Å². The van der Waals surface area contributed by atoms with Crippen LogP contribution in [0.5, 0.6) is 11.5 Å². The van der Waals surface area contributed by atoms with E-state index < -0.39 is 0 Å². The second kappa shape index (κ2) is 8.28. The first-order valence-electron chi connectivity index (χ1n) is 10.4. The van der Waals surface area contributed by atoms with Gasteiger partial charge in [0.25, 0.3) is 0 Å². The number of ketones is 1. The fourth-order valence-corrected chi connectivity index (χ4v) is 4.57. The Balaban J connectivity index is 1.41. The van der Waals surface area contributed by atoms with Crippen LogP contribution in [0.1, 0.15) is 38.2 Å². The van der Waals surface area contributed by atoms with Crippen molar-refractivity contribution in [3.05, 3.63) is 97.7 Å². The van der Waals surface area contributed by atoms with Gasteiger partial charge in [0.05, 0.1) is 5.56 Å². The molecular weight excluding hydrogens is 445 g/mol. The molecule has 4 nitrogen and oxygen atoms in total. The molecule has 0 fully saturated rings. The van der Waals surface area contributed by atoms with Gasteiger partial charge in [-0.15, -0.1) is 0 Å². The van der Waals surface area contributed by atoms with Crippen molar-refractivity contribution in [1.29, 1.82) is 0 Å². The number of carbonyl (C=O) groups excluding carboxylic acids is 1. The number of allylic oxidation sites excluding steroid dienone is 1. The zero-order valence-electron chi connectivity index (χ0n) is 17.7. The minimum atomic E-state index is -0.107. The van der Waals surface area contributed by atoms with Gasteiger partial charge in [-0.1, -0.05) is 59.1 Å². The number of rotatable bonds is 3. The van der Waals surface area contributed by atoms with Crippen LogP contribution in [0.15, 0.2) is 54.3 Å². The molecule has 0 aliphatic carbocycles. The van der Waals surface area contributed by atoms with Crippen molar-refractivity contribution < 1.29 is 14.3 Å². The Morgan fingerprint density at radius 2 is 1.81 bits per heavy atom. The summed E-state index contributed by atoms with van der Waals surface area (Å²) in [5.41, 5.74) is 5.46. The zero-order chi connectivity index (χ0) is 22.4. The number of nitrogens with zero attached hydrogens (tertiary/aromatic N) is 1. The van der Waals surface area contributed by atoms with Gasteiger partial charge in [-0.05, 0) is 49.2 Å². The molecule has 0 unspecified atom stereocenters. The number of Topliss-reactive ketones (excluding diaryl/α,β-unsaturated/α-hetero) is 1. The van der Waals surface area contributed by atoms with Crippen molar-refractivity contribution >= 4 is 35.1 Å². The molecule has 32 heavy (non-hydrogen) atoms. The van der Waals surface area contributed by atoms with Gasteiger partial charge in [-0.25, -0.2) is 0 Å². The SMILES string of the molecule is Cc1ccc(/C=C2\Oc3c(cc4c(c3C)OCN(Cc3ccc(Cl)cc3Cl)C4)C2=O)cc1. The smallest absolute Gasteiger partial charge is 0.231 e. The van der Waals surface area contributed by atoms with Crippen LogP contribution in [0.25, 0.3) is 6.08 Å². The van der Waals surface area contributed by atoms with E-state index in [2.05, 4.69) is 4.90 Å². The summed E-state index contributed by atoms with van der Waals surface area (Å²) in [4.78, 5) is 15.2. The largest absolute Gasteiger partial charge is 0.477 e. The third-order valence-electron chi connectivity index (χ3n) is 5.79. The van der Waals surface area contributed by atoms with Crippen molar-refractivity contribution in [2.75, 3.05) is 6.73 Å². The van der Waals surface area contributed by atoms with Gasteiger partial charge in [0, 0.05) is 34.3 Å². The summed E-state index contributed by atoms with van der Waals surface area (Å²) in [6.07, 6.45) is 1.79. The van der Waals surface area contributed by atoms with Crippen molar-refractivity contribution in [1.82, 2.24) is 4.90 Å². The van der Waals surface area contributed by atoms with Crippen LogP contribution in [0, 0.1) is 13.8 Å². The number of fused-ring (bicyclic) bond motifs is 2. The summed E-state index contributed by atoms with van der Waals surface area (Å²) < 4.78 is 12.1. The fourth-order valence-electron chi connectivity index (χ4n) is 4.10. The van der Waals surface area contributed by atoms with Crippen LogP contribution < -0.4 is 9.47 Å². The van der Waals surface area contributed by atoms with E-state index in [9.17, 15) is 4.79 Å². The maximum Gasteiger partial charge on any atom is 0.231 e. The van der Waals surface area contributed by atoms with E-state index in [1.165, 1.54) is 5.56 Å². The van der Waals surface area contributed by atoms with Gasteiger partial charge < -0.3 is 9.47 Å². The number of halogens is 2. The highest BCUT2D eigenvalue weighted by molar-refractivity contribution is 6.35. The topological polar surface area (TPSA) is 38.8 Å². The fraction of sp³-hybridized carbons (Fsp3) is 0.192. The minimum Gasteiger partial charge on any atom is -0.477 e. The molecule has 0 atom stereocenters. The Morgan fingerprint density at radius 1 is 1.03 bits per heavy atom. The molecule has 5 rings (SSSR count). The van der Waals surface area contributed by atoms with Crippen molar-refractivity contribution in [2.24, 2.45) is 0 Å². The quantitative estimate of drug-likeness (QED) is 0.409. The van der Waals surface area contributed by atoms with Gasteiger partial charge in [0.15, 0.2) is 5.76 Å².